The van der Waals surface area contributed by atoms with E-state index in [4.69, 9.17) is 23.1 Å². The molecule has 1 fully saturated rings. The van der Waals surface area contributed by atoms with Crippen LogP contribution in [-0.2, 0) is 27.9 Å². The zero-order chi connectivity index (χ0) is 46.6. The smallest absolute Gasteiger partial charge is 0.338 e. The number of aryl methyl sites for hydroxylation is 1. The number of H-pyrrole nitrogens is 1. The average Bonchev–Trinajstić information content (AvgIpc) is 3.57. The second kappa shape index (κ2) is 18.9. The first kappa shape index (κ1) is 47.0. The van der Waals surface area contributed by atoms with Crippen molar-refractivity contribution in [1.29, 1.82) is 0 Å². The topological polar surface area (TPSA) is 135 Å². The van der Waals surface area contributed by atoms with Gasteiger partial charge in [0.05, 0.1) is 12.2 Å². The average molecular weight is 911 g/mol. The van der Waals surface area contributed by atoms with Gasteiger partial charge < -0.3 is 23.1 Å². The quantitative estimate of drug-likeness (QED) is 0.0971. The zero-order valence-corrected chi connectivity index (χ0v) is 40.3. The Kier molecular flexibility index (Phi) is 13.6. The van der Waals surface area contributed by atoms with Gasteiger partial charge in [-0.1, -0.05) is 181 Å². The molecule has 0 bridgehead atoms. The molecule has 4 atom stereocenters. The normalized spacial score (nSPS) is 19.1. The minimum Gasteiger partial charge on any atom is -0.459 e. The maximum atomic E-state index is 14.2. The number of hydrogen-bond donors (Lipinski definition) is 1. The van der Waals surface area contributed by atoms with Gasteiger partial charge in [0.1, 0.15) is 12.7 Å². The lowest BCUT2D eigenvalue weighted by Crippen LogP contribution is -2.72. The number of hydrogen-bond acceptors (Lipinski definition) is 9. The van der Waals surface area contributed by atoms with Crippen molar-refractivity contribution >= 4 is 49.3 Å². The Hall–Kier alpha value is -5.97. The number of carbonyl (C=O) groups is 2. The number of benzene rings is 5. The van der Waals surface area contributed by atoms with Crippen molar-refractivity contribution in [3.8, 4) is 0 Å². The van der Waals surface area contributed by atoms with E-state index >= 15 is 0 Å². The Labute approximate surface area is 382 Å². The van der Waals surface area contributed by atoms with E-state index in [2.05, 4.69) is 70.8 Å². The number of esters is 2. The SMILES string of the molecule is CC(=O)O[C@H]1[C@H](n2cc(C)c(=O)[nH]c2=O)O[C@](COC(=O)c2ccccc2)(CO[Si](c2ccccc2)(c2ccccc2)C(C)(C)C)[C@@H]1O[Si](c1ccccc1)(c1ccccc1)C(C)(C)C. The molecule has 1 aromatic heterocycles. The van der Waals surface area contributed by atoms with Crippen molar-refractivity contribution < 1.29 is 32.7 Å². The first-order chi connectivity index (χ1) is 30.9. The Bertz CT molecular complexity index is 2610. The molecule has 6 aromatic rings. The molecular weight excluding hydrogens is 853 g/mol. The zero-order valence-electron chi connectivity index (χ0n) is 38.3. The van der Waals surface area contributed by atoms with E-state index in [0.29, 0.717) is 5.56 Å². The fourth-order valence-corrected chi connectivity index (χ4v) is 18.7. The van der Waals surface area contributed by atoms with E-state index < -0.39 is 80.5 Å². The van der Waals surface area contributed by atoms with Crippen LogP contribution in [0.2, 0.25) is 10.1 Å². The summed E-state index contributed by atoms with van der Waals surface area (Å²) in [5.41, 5.74) is -2.64. The van der Waals surface area contributed by atoms with Gasteiger partial charge in [0.25, 0.3) is 22.2 Å². The van der Waals surface area contributed by atoms with Gasteiger partial charge in [-0.15, -0.1) is 0 Å². The van der Waals surface area contributed by atoms with E-state index in [9.17, 15) is 19.2 Å². The largest absolute Gasteiger partial charge is 0.459 e. The van der Waals surface area contributed by atoms with Crippen LogP contribution in [0.15, 0.2) is 167 Å². The number of nitrogens with one attached hydrogen (secondary N) is 1. The van der Waals surface area contributed by atoms with Crippen LogP contribution in [0.1, 0.15) is 70.6 Å². The van der Waals surface area contributed by atoms with Crippen molar-refractivity contribution in [2.75, 3.05) is 13.2 Å². The monoisotopic (exact) mass is 910 g/mol. The number of ether oxygens (including phenoxy) is 3. The lowest BCUT2D eigenvalue weighted by atomic mass is 9.96. The molecule has 1 aliphatic rings. The van der Waals surface area contributed by atoms with Crippen LogP contribution in [0, 0.1) is 6.92 Å². The molecule has 2 heterocycles. The van der Waals surface area contributed by atoms with E-state index in [1.807, 2.05) is 103 Å². The number of aromatic amines is 1. The summed E-state index contributed by atoms with van der Waals surface area (Å²) in [6.07, 6.45) is -2.64. The first-order valence-electron chi connectivity index (χ1n) is 21.9. The van der Waals surface area contributed by atoms with Crippen LogP contribution in [0.4, 0.5) is 0 Å². The molecule has 1 N–H and O–H groups in total. The Morgan fingerprint density at radius 1 is 0.662 bits per heavy atom. The van der Waals surface area contributed by atoms with E-state index in [1.165, 1.54) is 17.7 Å². The molecular formula is C52H58N2O9Si2. The van der Waals surface area contributed by atoms with Gasteiger partial charge in [0, 0.05) is 18.7 Å². The predicted octanol–water partition coefficient (Wildman–Crippen LogP) is 6.42. The van der Waals surface area contributed by atoms with Gasteiger partial charge in [-0.25, -0.2) is 9.59 Å². The van der Waals surface area contributed by atoms with Crippen LogP contribution in [-0.4, -0.2) is 69.1 Å². The minimum atomic E-state index is -3.62. The lowest BCUT2D eigenvalue weighted by Gasteiger charge is -2.49. The Balaban J connectivity index is 1.55. The second-order valence-corrected chi connectivity index (χ2v) is 27.3. The number of carbonyl (C=O) groups excluding carboxylic acids is 2. The van der Waals surface area contributed by atoms with Crippen molar-refractivity contribution in [2.24, 2.45) is 0 Å². The highest BCUT2D eigenvalue weighted by atomic mass is 28.4. The first-order valence-corrected chi connectivity index (χ1v) is 25.7. The van der Waals surface area contributed by atoms with Gasteiger partial charge in [0.2, 0.25) is 0 Å². The maximum Gasteiger partial charge on any atom is 0.338 e. The van der Waals surface area contributed by atoms with Gasteiger partial charge in [-0.2, -0.15) is 0 Å². The summed E-state index contributed by atoms with van der Waals surface area (Å²) in [5, 5.41) is 2.70. The molecule has 11 nitrogen and oxygen atoms in total. The molecule has 338 valence electrons. The summed E-state index contributed by atoms with van der Waals surface area (Å²) in [5.74, 6) is -1.30. The fourth-order valence-electron chi connectivity index (χ4n) is 9.29. The molecule has 0 amide bonds. The summed E-state index contributed by atoms with van der Waals surface area (Å²) >= 11 is 0. The third kappa shape index (κ3) is 9.16. The number of nitrogens with zero attached hydrogens (tertiary/aromatic N) is 1. The van der Waals surface area contributed by atoms with Crippen LogP contribution < -0.4 is 32.0 Å². The van der Waals surface area contributed by atoms with Crippen LogP contribution in [0.25, 0.3) is 0 Å². The molecule has 1 saturated heterocycles. The Morgan fingerprint density at radius 3 is 1.52 bits per heavy atom. The summed E-state index contributed by atoms with van der Waals surface area (Å²) in [7, 11) is -7.03. The number of rotatable bonds is 14. The van der Waals surface area contributed by atoms with Gasteiger partial charge in [0.15, 0.2) is 17.9 Å². The molecule has 0 unspecified atom stereocenters. The minimum absolute atomic E-state index is 0.218. The molecule has 0 spiro atoms. The van der Waals surface area contributed by atoms with Crippen molar-refractivity contribution in [1.82, 2.24) is 9.55 Å². The Morgan fingerprint density at radius 2 is 1.09 bits per heavy atom. The van der Waals surface area contributed by atoms with Crippen LogP contribution >= 0.6 is 0 Å². The van der Waals surface area contributed by atoms with Crippen molar-refractivity contribution in [2.45, 2.75) is 89.5 Å². The van der Waals surface area contributed by atoms with E-state index in [0.717, 1.165) is 20.7 Å². The molecule has 5 aromatic carbocycles. The highest BCUT2D eigenvalue weighted by molar-refractivity contribution is 7.00. The fraction of sp³-hybridized carbons (Fsp3) is 0.308. The third-order valence-corrected chi connectivity index (χ3v) is 22.3. The highest BCUT2D eigenvalue weighted by Crippen LogP contribution is 2.48. The second-order valence-electron chi connectivity index (χ2n) is 18.7. The molecule has 65 heavy (non-hydrogen) atoms. The van der Waals surface area contributed by atoms with Crippen LogP contribution in [0.5, 0.6) is 0 Å². The molecule has 0 radical (unpaired) electrons. The van der Waals surface area contributed by atoms with Gasteiger partial charge >= 0.3 is 17.6 Å². The predicted molar refractivity (Wildman–Crippen MR) is 257 cm³/mol. The molecule has 7 rings (SSSR count). The lowest BCUT2D eigenvalue weighted by molar-refractivity contribution is -0.157. The highest BCUT2D eigenvalue weighted by Gasteiger charge is 2.65. The third-order valence-electron chi connectivity index (χ3n) is 12.3. The molecule has 13 heteroatoms. The molecule has 0 aliphatic carbocycles. The van der Waals surface area contributed by atoms with Gasteiger partial charge in [-0.05, 0) is 49.9 Å². The summed E-state index contributed by atoms with van der Waals surface area (Å²) < 4.78 is 37.0. The maximum absolute atomic E-state index is 14.2. The standard InChI is InChI=1S/C52H58N2O9Si2/c1-37-34-54(49(58)53-46(37)56)47-44(61-38(2)55)45(63-65(51(6,7)8,42-30-20-12-21-31-42)43-32-22-13-23-33-43)52(62-47,35-59-48(57)39-24-14-9-15-25-39)36-60-64(50(3,4)5,40-26-16-10-17-27-40)41-28-18-11-19-29-41/h9-34,44-45,47H,35-36H2,1-8H3,(H,53,56,58)/t44-,45-,47-,52-/m1/s1. The summed E-state index contributed by atoms with van der Waals surface area (Å²) in [6, 6.07) is 48.8. The van der Waals surface area contributed by atoms with Crippen LogP contribution in [0.3, 0.4) is 0 Å². The van der Waals surface area contributed by atoms with Gasteiger partial charge in [-0.3, -0.25) is 19.1 Å². The van der Waals surface area contributed by atoms with E-state index in [-0.39, 0.29) is 12.2 Å². The summed E-state index contributed by atoms with van der Waals surface area (Å²) in [6.45, 7) is 15.0. The molecule has 0 saturated carbocycles. The summed E-state index contributed by atoms with van der Waals surface area (Å²) in [4.78, 5) is 57.0. The molecule has 1 aliphatic heterocycles. The van der Waals surface area contributed by atoms with Crippen molar-refractivity contribution in [3.63, 3.8) is 0 Å². The number of aromatic nitrogens is 2. The van der Waals surface area contributed by atoms with E-state index in [1.54, 1.807) is 31.2 Å². The van der Waals surface area contributed by atoms with Crippen molar-refractivity contribution in [3.05, 3.63) is 190 Å².